The summed E-state index contributed by atoms with van der Waals surface area (Å²) in [5.41, 5.74) is 3.53. The number of carbonyl (C=O) groups is 2. The number of aryl methyl sites for hydroxylation is 1. The molecule has 6 nitrogen and oxygen atoms in total. The van der Waals surface area contributed by atoms with Crippen LogP contribution in [0.15, 0.2) is 42.6 Å². The molecule has 1 aliphatic heterocycles. The van der Waals surface area contributed by atoms with Crippen LogP contribution < -0.4 is 5.32 Å². The molecular formula is C18H15N3O3. The molecule has 4 rings (SSSR count). The molecule has 0 saturated heterocycles. The molecule has 0 radical (unpaired) electrons. The molecule has 1 aliphatic rings. The Balaban J connectivity index is 1.67. The first kappa shape index (κ1) is 14.4. The van der Waals surface area contributed by atoms with Gasteiger partial charge < -0.3 is 15.4 Å². The van der Waals surface area contributed by atoms with Crippen molar-refractivity contribution in [3.05, 3.63) is 59.4 Å². The van der Waals surface area contributed by atoms with Crippen LogP contribution in [0.4, 0.5) is 5.69 Å². The van der Waals surface area contributed by atoms with Gasteiger partial charge in [-0.2, -0.15) is 0 Å². The number of hydrogen-bond acceptors (Lipinski definition) is 4. The number of anilines is 1. The maximum atomic E-state index is 12.8. The predicted octanol–water partition coefficient (Wildman–Crippen LogP) is 2.87. The third-order valence-electron chi connectivity index (χ3n) is 4.38. The van der Waals surface area contributed by atoms with Crippen LogP contribution in [0.5, 0.6) is 0 Å². The first-order valence-electron chi connectivity index (χ1n) is 7.73. The second-order valence-electron chi connectivity index (χ2n) is 5.86. The third kappa shape index (κ3) is 2.32. The van der Waals surface area contributed by atoms with Gasteiger partial charge in [-0.15, -0.1) is 0 Å². The number of carboxylic acid groups (broad SMARTS) is 1. The highest BCUT2D eigenvalue weighted by molar-refractivity contribution is 6.07. The monoisotopic (exact) mass is 321 g/mol. The number of fused-ring (bicyclic) bond motifs is 2. The number of aromatic carboxylic acids is 1. The zero-order valence-electron chi connectivity index (χ0n) is 12.7. The van der Waals surface area contributed by atoms with E-state index in [9.17, 15) is 14.7 Å². The molecule has 3 heterocycles. The molecule has 0 amide bonds. The van der Waals surface area contributed by atoms with Gasteiger partial charge in [0.15, 0.2) is 0 Å². The van der Waals surface area contributed by atoms with E-state index in [1.165, 1.54) is 17.8 Å². The summed E-state index contributed by atoms with van der Waals surface area (Å²) in [5, 5.41) is 12.5. The lowest BCUT2D eigenvalue weighted by Gasteiger charge is -2.25. The molecule has 0 bridgehead atoms. The minimum absolute atomic E-state index is 0.0844. The number of benzene rings is 1. The maximum Gasteiger partial charge on any atom is 0.337 e. The summed E-state index contributed by atoms with van der Waals surface area (Å²) < 4.78 is 0. The molecule has 1 unspecified atom stereocenters. The molecule has 0 aliphatic carbocycles. The lowest BCUT2D eigenvalue weighted by atomic mass is 9.95. The van der Waals surface area contributed by atoms with Gasteiger partial charge in [0.05, 0.1) is 28.3 Å². The molecule has 24 heavy (non-hydrogen) atoms. The van der Waals surface area contributed by atoms with Crippen LogP contribution in [0.2, 0.25) is 0 Å². The van der Waals surface area contributed by atoms with Gasteiger partial charge in [0.2, 0.25) is 5.78 Å². The number of pyridine rings is 1. The van der Waals surface area contributed by atoms with Crippen molar-refractivity contribution in [2.45, 2.75) is 18.9 Å². The fourth-order valence-electron chi connectivity index (χ4n) is 3.16. The number of carbonyl (C=O) groups excluding carboxylic acids is 1. The number of nitrogens with one attached hydrogen (secondary N) is 2. The summed E-state index contributed by atoms with van der Waals surface area (Å²) in [6.45, 7) is 0. The van der Waals surface area contributed by atoms with Crippen molar-refractivity contribution in [2.75, 3.05) is 5.32 Å². The van der Waals surface area contributed by atoms with Crippen molar-refractivity contribution in [2.24, 2.45) is 0 Å². The number of aromatic nitrogens is 2. The van der Waals surface area contributed by atoms with Crippen LogP contribution in [0.3, 0.4) is 0 Å². The molecule has 0 fully saturated rings. The topological polar surface area (TPSA) is 95.1 Å². The summed E-state index contributed by atoms with van der Waals surface area (Å²) in [7, 11) is 0. The first-order valence-corrected chi connectivity index (χ1v) is 7.73. The highest BCUT2D eigenvalue weighted by atomic mass is 16.4. The van der Waals surface area contributed by atoms with Gasteiger partial charge >= 0.3 is 5.97 Å². The second-order valence-corrected chi connectivity index (χ2v) is 5.86. The molecule has 0 spiro atoms. The number of nitrogens with zero attached hydrogens (tertiary/aromatic N) is 1. The number of aromatic amines is 1. The molecule has 6 heteroatoms. The number of rotatable bonds is 3. The zero-order valence-corrected chi connectivity index (χ0v) is 12.7. The number of ketones is 1. The highest BCUT2D eigenvalue weighted by Crippen LogP contribution is 2.26. The zero-order chi connectivity index (χ0) is 16.7. The van der Waals surface area contributed by atoms with E-state index in [-0.39, 0.29) is 17.4 Å². The molecule has 1 atom stereocenters. The van der Waals surface area contributed by atoms with E-state index in [1.807, 2.05) is 18.2 Å². The molecule has 3 aromatic rings. The molecule has 3 N–H and O–H groups in total. The van der Waals surface area contributed by atoms with Gasteiger partial charge in [-0.1, -0.05) is 18.2 Å². The van der Waals surface area contributed by atoms with E-state index in [0.717, 1.165) is 12.1 Å². The van der Waals surface area contributed by atoms with Crippen molar-refractivity contribution >= 4 is 28.5 Å². The maximum absolute atomic E-state index is 12.8. The Kier molecular flexibility index (Phi) is 3.30. The van der Waals surface area contributed by atoms with Crippen molar-refractivity contribution in [3.63, 3.8) is 0 Å². The predicted molar refractivity (Wildman–Crippen MR) is 89.6 cm³/mol. The Morgan fingerprint density at radius 3 is 2.88 bits per heavy atom. The number of H-pyrrole nitrogens is 1. The van der Waals surface area contributed by atoms with Gasteiger partial charge in [-0.05, 0) is 36.6 Å². The Labute approximate surface area is 137 Å². The van der Waals surface area contributed by atoms with Crippen molar-refractivity contribution in [1.82, 2.24) is 9.97 Å². The van der Waals surface area contributed by atoms with E-state index in [1.54, 1.807) is 6.07 Å². The Hall–Kier alpha value is -3.15. The highest BCUT2D eigenvalue weighted by Gasteiger charge is 2.26. The Morgan fingerprint density at radius 2 is 2.04 bits per heavy atom. The second kappa shape index (κ2) is 5.49. The van der Waals surface area contributed by atoms with Gasteiger partial charge in [-0.3, -0.25) is 9.78 Å². The fraction of sp³-hybridized carbons (Fsp3) is 0.167. The van der Waals surface area contributed by atoms with Crippen LogP contribution in [-0.4, -0.2) is 32.9 Å². The number of para-hydroxylation sites is 1. The van der Waals surface area contributed by atoms with Gasteiger partial charge in [-0.25, -0.2) is 4.79 Å². The Bertz CT molecular complexity index is 961. The van der Waals surface area contributed by atoms with Crippen LogP contribution >= 0.6 is 0 Å². The summed E-state index contributed by atoms with van der Waals surface area (Å²) >= 11 is 0. The van der Waals surface area contributed by atoms with Gasteiger partial charge in [0.25, 0.3) is 0 Å². The number of Topliss-reactive ketones (excluding diaryl/α,β-unsaturated/α-hetero) is 1. The summed E-state index contributed by atoms with van der Waals surface area (Å²) in [6, 6.07) is 10.6. The van der Waals surface area contributed by atoms with Crippen molar-refractivity contribution in [3.8, 4) is 0 Å². The minimum atomic E-state index is -1.05. The average Bonchev–Trinajstić information content (AvgIpc) is 3.04. The van der Waals surface area contributed by atoms with Crippen LogP contribution in [0.25, 0.3) is 11.0 Å². The third-order valence-corrected chi connectivity index (χ3v) is 4.38. The summed E-state index contributed by atoms with van der Waals surface area (Å²) in [6.07, 6.45) is 2.96. The van der Waals surface area contributed by atoms with Gasteiger partial charge in [0, 0.05) is 11.9 Å². The first-order chi connectivity index (χ1) is 11.6. The summed E-state index contributed by atoms with van der Waals surface area (Å²) in [4.78, 5) is 31.2. The lowest BCUT2D eigenvalue weighted by molar-refractivity contribution is 0.0698. The normalized spacial score (nSPS) is 16.4. The molecule has 1 aromatic carbocycles. The quantitative estimate of drug-likeness (QED) is 0.645. The van der Waals surface area contributed by atoms with Gasteiger partial charge in [0.1, 0.15) is 0 Å². The van der Waals surface area contributed by atoms with Crippen molar-refractivity contribution in [1.29, 1.82) is 0 Å². The molecule has 0 saturated carbocycles. The van der Waals surface area contributed by atoms with E-state index in [0.29, 0.717) is 23.1 Å². The van der Waals surface area contributed by atoms with Crippen molar-refractivity contribution < 1.29 is 14.7 Å². The largest absolute Gasteiger partial charge is 0.478 e. The van der Waals surface area contributed by atoms with E-state index in [4.69, 9.17) is 0 Å². The summed E-state index contributed by atoms with van der Waals surface area (Å²) in [5.74, 6) is -1.13. The Morgan fingerprint density at radius 1 is 1.21 bits per heavy atom. The van der Waals surface area contributed by atoms with E-state index >= 15 is 0 Å². The smallest absolute Gasteiger partial charge is 0.337 e. The van der Waals surface area contributed by atoms with E-state index in [2.05, 4.69) is 21.4 Å². The standard InChI is InChI=1S/C18H15N3O3/c22-17(13-6-5-10-3-1-2-4-12(10)20-13)15-9-14-16(21-15)11(18(23)24)7-8-19-14/h1-4,7-9,13,20-21H,5-6H2,(H,23,24). The van der Waals surface area contributed by atoms with Crippen LogP contribution in [-0.2, 0) is 6.42 Å². The SMILES string of the molecule is O=C(O)c1ccnc2cc(C(=O)C3CCc4ccccc4N3)[nH]c12. The minimum Gasteiger partial charge on any atom is -0.478 e. The number of carboxylic acids is 1. The fourth-order valence-corrected chi connectivity index (χ4v) is 3.16. The number of hydrogen-bond donors (Lipinski definition) is 3. The molecule has 120 valence electrons. The lowest BCUT2D eigenvalue weighted by Crippen LogP contribution is -2.33. The van der Waals surface area contributed by atoms with Crippen LogP contribution in [0, 0.1) is 0 Å². The van der Waals surface area contributed by atoms with Crippen LogP contribution in [0.1, 0.15) is 32.8 Å². The molecular weight excluding hydrogens is 306 g/mol. The van der Waals surface area contributed by atoms with E-state index < -0.39 is 5.97 Å². The molecule has 2 aromatic heterocycles. The average molecular weight is 321 g/mol.